The second kappa shape index (κ2) is 5.18. The number of fused-ring (bicyclic) bond motifs is 1. The van der Waals surface area contributed by atoms with Crippen molar-refractivity contribution >= 4 is 23.0 Å². The number of hydrazone groups is 1. The molecular weight excluding hydrogens is 230 g/mol. The number of amides is 1. The average molecular weight is 243 g/mol. The Morgan fingerprint density at radius 3 is 2.61 bits per heavy atom. The Bertz CT molecular complexity index is 608. The molecule has 0 saturated carbocycles. The lowest BCUT2D eigenvalue weighted by Gasteiger charge is -2.09. The molecule has 2 aromatic carbocycles. The summed E-state index contributed by atoms with van der Waals surface area (Å²) in [6.45, 7) is 0. The zero-order valence-corrected chi connectivity index (χ0v) is 9.88. The van der Waals surface area contributed by atoms with Crippen molar-refractivity contribution in [2.24, 2.45) is 10.9 Å². The number of hydrogen-bond acceptors (Lipinski definition) is 4. The second-order valence-electron chi connectivity index (χ2n) is 3.65. The zero-order valence-electron chi connectivity index (χ0n) is 9.88. The van der Waals surface area contributed by atoms with E-state index in [0.29, 0.717) is 11.3 Å². The van der Waals surface area contributed by atoms with Crippen LogP contribution < -0.4 is 15.9 Å². The molecule has 2 aromatic rings. The van der Waals surface area contributed by atoms with E-state index in [2.05, 4.69) is 10.4 Å². The summed E-state index contributed by atoms with van der Waals surface area (Å²) in [5.74, 6) is 5.14. The predicted molar refractivity (Wildman–Crippen MR) is 70.6 cm³/mol. The summed E-state index contributed by atoms with van der Waals surface area (Å²) in [5.41, 5.74) is 0.441. The number of rotatable bonds is 3. The molecule has 0 saturated heterocycles. The standard InChI is InChI=1S/C13H13N3O2/c1-18-12-7-10-5-3-2-4-9(10)6-11(12)13(17)15-8-16-14/h2-8H,14H2,1H3,(H,15,16,17). The number of nitrogens with one attached hydrogen (secondary N) is 1. The highest BCUT2D eigenvalue weighted by Crippen LogP contribution is 2.25. The Hall–Kier alpha value is -2.56. The van der Waals surface area contributed by atoms with Crippen LogP contribution in [0.5, 0.6) is 5.75 Å². The number of carbonyl (C=O) groups excluding carboxylic acids is 1. The Morgan fingerprint density at radius 1 is 1.33 bits per heavy atom. The highest BCUT2D eigenvalue weighted by molar-refractivity contribution is 6.05. The molecule has 0 aliphatic heterocycles. The van der Waals surface area contributed by atoms with Crippen LogP contribution in [0.1, 0.15) is 10.4 Å². The van der Waals surface area contributed by atoms with Crippen molar-refractivity contribution < 1.29 is 9.53 Å². The van der Waals surface area contributed by atoms with Gasteiger partial charge in [0.2, 0.25) is 0 Å². The van der Waals surface area contributed by atoms with Crippen LogP contribution in [0.15, 0.2) is 41.5 Å². The van der Waals surface area contributed by atoms with Gasteiger partial charge in [0.25, 0.3) is 5.91 Å². The van der Waals surface area contributed by atoms with Crippen LogP contribution in [-0.4, -0.2) is 19.4 Å². The van der Waals surface area contributed by atoms with Crippen molar-refractivity contribution in [3.63, 3.8) is 0 Å². The number of benzene rings is 2. The van der Waals surface area contributed by atoms with Crippen molar-refractivity contribution in [2.45, 2.75) is 0 Å². The molecule has 3 N–H and O–H groups in total. The fraction of sp³-hybridized carbons (Fsp3) is 0.0769. The van der Waals surface area contributed by atoms with E-state index in [4.69, 9.17) is 10.6 Å². The van der Waals surface area contributed by atoms with Gasteiger partial charge in [-0.3, -0.25) is 4.79 Å². The minimum absolute atomic E-state index is 0.313. The fourth-order valence-corrected chi connectivity index (χ4v) is 1.74. The third-order valence-electron chi connectivity index (χ3n) is 2.58. The molecule has 0 heterocycles. The quantitative estimate of drug-likeness (QED) is 0.371. The number of methoxy groups -OCH3 is 1. The Kier molecular flexibility index (Phi) is 3.43. The molecule has 0 radical (unpaired) electrons. The van der Waals surface area contributed by atoms with E-state index in [0.717, 1.165) is 17.1 Å². The predicted octanol–water partition coefficient (Wildman–Crippen LogP) is 1.48. The maximum Gasteiger partial charge on any atom is 0.260 e. The summed E-state index contributed by atoms with van der Waals surface area (Å²) < 4.78 is 5.22. The maximum atomic E-state index is 11.9. The average Bonchev–Trinajstić information content (AvgIpc) is 2.43. The molecule has 92 valence electrons. The Morgan fingerprint density at radius 2 is 2.00 bits per heavy atom. The lowest BCUT2D eigenvalue weighted by molar-refractivity contribution is 0.0975. The van der Waals surface area contributed by atoms with Gasteiger partial charge >= 0.3 is 0 Å². The lowest BCUT2D eigenvalue weighted by Crippen LogP contribution is -2.22. The molecule has 18 heavy (non-hydrogen) atoms. The number of hydrogen-bond donors (Lipinski definition) is 2. The Balaban J connectivity index is 2.51. The van der Waals surface area contributed by atoms with E-state index in [9.17, 15) is 4.79 Å². The van der Waals surface area contributed by atoms with Crippen LogP contribution in [0.25, 0.3) is 10.8 Å². The van der Waals surface area contributed by atoms with Crippen molar-refractivity contribution in [2.75, 3.05) is 7.11 Å². The molecule has 0 unspecified atom stereocenters. The number of ether oxygens (including phenoxy) is 1. The molecule has 1 amide bonds. The molecule has 0 aliphatic carbocycles. The van der Waals surface area contributed by atoms with Crippen LogP contribution in [-0.2, 0) is 0 Å². The van der Waals surface area contributed by atoms with E-state index >= 15 is 0 Å². The van der Waals surface area contributed by atoms with Gasteiger partial charge in [-0.25, -0.2) is 0 Å². The first-order chi connectivity index (χ1) is 8.76. The van der Waals surface area contributed by atoms with Crippen molar-refractivity contribution in [1.82, 2.24) is 5.32 Å². The van der Waals surface area contributed by atoms with Gasteiger partial charge in [-0.1, -0.05) is 24.3 Å². The van der Waals surface area contributed by atoms with Gasteiger partial charge in [-0.05, 0) is 22.9 Å². The maximum absolute atomic E-state index is 11.9. The Labute approximate surface area is 104 Å². The monoisotopic (exact) mass is 243 g/mol. The molecule has 0 fully saturated rings. The van der Waals surface area contributed by atoms with Crippen LogP contribution >= 0.6 is 0 Å². The van der Waals surface area contributed by atoms with Crippen molar-refractivity contribution in [1.29, 1.82) is 0 Å². The van der Waals surface area contributed by atoms with Gasteiger partial charge in [-0.15, -0.1) is 0 Å². The van der Waals surface area contributed by atoms with Crippen molar-refractivity contribution in [3.05, 3.63) is 42.0 Å². The smallest absolute Gasteiger partial charge is 0.260 e. The number of nitrogens with two attached hydrogens (primary N) is 1. The first-order valence-electron chi connectivity index (χ1n) is 5.35. The second-order valence-corrected chi connectivity index (χ2v) is 3.65. The first-order valence-corrected chi connectivity index (χ1v) is 5.35. The first kappa shape index (κ1) is 11.9. The van der Waals surface area contributed by atoms with E-state index in [1.54, 1.807) is 6.07 Å². The summed E-state index contributed by atoms with van der Waals surface area (Å²) >= 11 is 0. The van der Waals surface area contributed by atoms with E-state index in [1.165, 1.54) is 7.11 Å². The molecule has 5 heteroatoms. The number of nitrogens with zero attached hydrogens (tertiary/aromatic N) is 1. The molecule has 0 aromatic heterocycles. The molecule has 0 aliphatic rings. The van der Waals surface area contributed by atoms with Gasteiger partial charge in [0, 0.05) is 0 Å². The summed E-state index contributed by atoms with van der Waals surface area (Å²) in [7, 11) is 1.53. The summed E-state index contributed by atoms with van der Waals surface area (Å²) in [5, 5.41) is 7.65. The SMILES string of the molecule is COc1cc2ccccc2cc1C(=O)N/C=N/N. The van der Waals surface area contributed by atoms with E-state index < -0.39 is 0 Å². The minimum Gasteiger partial charge on any atom is -0.496 e. The van der Waals surface area contributed by atoms with Gasteiger partial charge in [-0.2, -0.15) is 5.10 Å². The van der Waals surface area contributed by atoms with Crippen LogP contribution in [0, 0.1) is 0 Å². The summed E-state index contributed by atoms with van der Waals surface area (Å²) in [4.78, 5) is 11.9. The number of carbonyl (C=O) groups is 1. The zero-order chi connectivity index (χ0) is 13.0. The molecule has 0 atom stereocenters. The van der Waals surface area contributed by atoms with E-state index in [1.807, 2.05) is 30.3 Å². The van der Waals surface area contributed by atoms with Crippen LogP contribution in [0.2, 0.25) is 0 Å². The minimum atomic E-state index is -0.313. The third kappa shape index (κ3) is 2.24. The van der Waals surface area contributed by atoms with Crippen LogP contribution in [0.4, 0.5) is 0 Å². The largest absolute Gasteiger partial charge is 0.496 e. The van der Waals surface area contributed by atoms with Crippen molar-refractivity contribution in [3.8, 4) is 5.75 Å². The van der Waals surface area contributed by atoms with Gasteiger partial charge in [0.15, 0.2) is 0 Å². The molecule has 0 spiro atoms. The molecule has 0 bridgehead atoms. The molecular formula is C13H13N3O2. The summed E-state index contributed by atoms with van der Waals surface area (Å²) in [6.07, 6.45) is 1.14. The van der Waals surface area contributed by atoms with Gasteiger partial charge in [0.05, 0.1) is 12.7 Å². The fourth-order valence-electron chi connectivity index (χ4n) is 1.74. The molecule has 5 nitrogen and oxygen atoms in total. The third-order valence-corrected chi connectivity index (χ3v) is 2.58. The van der Waals surface area contributed by atoms with E-state index in [-0.39, 0.29) is 5.91 Å². The lowest BCUT2D eigenvalue weighted by atomic mass is 10.1. The van der Waals surface area contributed by atoms with Gasteiger partial charge < -0.3 is 15.9 Å². The van der Waals surface area contributed by atoms with Crippen LogP contribution in [0.3, 0.4) is 0 Å². The topological polar surface area (TPSA) is 76.7 Å². The summed E-state index contributed by atoms with van der Waals surface area (Å²) in [6, 6.07) is 11.3. The molecule has 2 rings (SSSR count). The normalized spacial score (nSPS) is 10.7. The highest BCUT2D eigenvalue weighted by atomic mass is 16.5. The van der Waals surface area contributed by atoms with Gasteiger partial charge in [0.1, 0.15) is 12.1 Å². The highest BCUT2D eigenvalue weighted by Gasteiger charge is 2.12.